The van der Waals surface area contributed by atoms with Crippen LogP contribution in [0.5, 0.6) is 0 Å². The number of benzene rings is 1. The molecule has 6 nitrogen and oxygen atoms in total. The Morgan fingerprint density at radius 1 is 1.38 bits per heavy atom. The highest BCUT2D eigenvalue weighted by atomic mass is 35.5. The van der Waals surface area contributed by atoms with Crippen LogP contribution >= 0.6 is 24.0 Å². The lowest BCUT2D eigenvalue weighted by molar-refractivity contribution is -0.139. The normalized spacial score (nSPS) is 13.1. The van der Waals surface area contributed by atoms with Gasteiger partial charge in [0.25, 0.3) is 0 Å². The Bertz CT molecular complexity index is 646. The van der Waals surface area contributed by atoms with Crippen molar-refractivity contribution in [3.8, 4) is 0 Å². The zero-order valence-electron chi connectivity index (χ0n) is 13.5. The highest BCUT2D eigenvalue weighted by molar-refractivity contribution is 6.30. The minimum Gasteiger partial charge on any atom is -0.480 e. The van der Waals surface area contributed by atoms with E-state index >= 15 is 0 Å². The van der Waals surface area contributed by atoms with Crippen LogP contribution in [0.4, 0.5) is 0 Å². The number of halogens is 2. The second kappa shape index (κ2) is 9.61. The van der Waals surface area contributed by atoms with Crippen LogP contribution in [-0.2, 0) is 11.2 Å². The van der Waals surface area contributed by atoms with Crippen molar-refractivity contribution in [3.63, 3.8) is 0 Å². The van der Waals surface area contributed by atoms with E-state index in [1.165, 1.54) is 0 Å². The summed E-state index contributed by atoms with van der Waals surface area (Å²) in [7, 11) is 0. The zero-order valence-corrected chi connectivity index (χ0v) is 15.1. The van der Waals surface area contributed by atoms with Gasteiger partial charge in [-0.3, -0.25) is 10.1 Å². The van der Waals surface area contributed by atoms with E-state index in [4.69, 9.17) is 16.1 Å². The lowest BCUT2D eigenvalue weighted by atomic mass is 10.1. The van der Waals surface area contributed by atoms with Gasteiger partial charge < -0.3 is 9.63 Å². The number of aliphatic carboxylic acids is 1. The molecule has 0 spiro atoms. The lowest BCUT2D eigenvalue weighted by Gasteiger charge is -2.16. The molecule has 0 saturated heterocycles. The predicted molar refractivity (Wildman–Crippen MR) is 93.7 cm³/mol. The van der Waals surface area contributed by atoms with Gasteiger partial charge in [-0.15, -0.1) is 12.4 Å². The maximum atomic E-state index is 11.2. The van der Waals surface area contributed by atoms with Gasteiger partial charge in [-0.1, -0.05) is 42.2 Å². The van der Waals surface area contributed by atoms with Crippen molar-refractivity contribution >= 4 is 30.0 Å². The molecule has 2 N–H and O–H groups in total. The molecule has 2 aromatic rings. The zero-order chi connectivity index (χ0) is 16.8. The summed E-state index contributed by atoms with van der Waals surface area (Å²) in [5.41, 5.74) is 1.02. The maximum Gasteiger partial charge on any atom is 0.320 e. The van der Waals surface area contributed by atoms with Gasteiger partial charge in [0, 0.05) is 11.4 Å². The molecule has 1 aromatic carbocycles. The fourth-order valence-electron chi connectivity index (χ4n) is 2.24. The quantitative estimate of drug-likeness (QED) is 0.734. The molecule has 2 atom stereocenters. The first kappa shape index (κ1) is 20.4. The van der Waals surface area contributed by atoms with E-state index < -0.39 is 12.0 Å². The molecule has 1 aromatic heterocycles. The molecule has 0 aliphatic carbocycles. The number of carboxylic acid groups (broad SMARTS) is 1. The van der Waals surface area contributed by atoms with Gasteiger partial charge in [-0.25, -0.2) is 0 Å². The van der Waals surface area contributed by atoms with Crippen LogP contribution in [0.3, 0.4) is 0 Å². The van der Waals surface area contributed by atoms with Gasteiger partial charge >= 0.3 is 5.97 Å². The summed E-state index contributed by atoms with van der Waals surface area (Å²) in [6.45, 7) is 3.75. The first-order valence-corrected chi connectivity index (χ1v) is 7.93. The number of rotatable bonds is 8. The molecule has 0 aliphatic heterocycles. The summed E-state index contributed by atoms with van der Waals surface area (Å²) in [6, 6.07) is 6.48. The van der Waals surface area contributed by atoms with E-state index in [1.54, 1.807) is 0 Å². The number of carbonyl (C=O) groups is 1. The Labute approximate surface area is 152 Å². The SMILES string of the molecule is CCCC(NC(C)c1nc(Cc2ccc(Cl)cc2)no1)C(=O)O.Cl. The van der Waals surface area contributed by atoms with Gasteiger partial charge in [-0.05, 0) is 31.0 Å². The second-order valence-electron chi connectivity index (χ2n) is 5.42. The van der Waals surface area contributed by atoms with Crippen molar-refractivity contribution < 1.29 is 14.4 Å². The lowest BCUT2D eigenvalue weighted by Crippen LogP contribution is -2.38. The van der Waals surface area contributed by atoms with Crippen molar-refractivity contribution in [2.45, 2.75) is 45.2 Å². The third kappa shape index (κ3) is 5.78. The average Bonchev–Trinajstić information content (AvgIpc) is 2.97. The molecule has 0 saturated carbocycles. The van der Waals surface area contributed by atoms with Gasteiger partial charge in [0.1, 0.15) is 6.04 Å². The van der Waals surface area contributed by atoms with Gasteiger partial charge in [-0.2, -0.15) is 4.98 Å². The molecular formula is C16H21Cl2N3O3. The number of aromatic nitrogens is 2. The summed E-state index contributed by atoms with van der Waals surface area (Å²) in [5.74, 6) is 0.0641. The summed E-state index contributed by atoms with van der Waals surface area (Å²) >= 11 is 5.85. The molecule has 2 unspecified atom stereocenters. The van der Waals surface area contributed by atoms with E-state index in [2.05, 4.69) is 15.5 Å². The number of nitrogens with one attached hydrogen (secondary N) is 1. The molecule has 0 bridgehead atoms. The molecule has 0 amide bonds. The minimum atomic E-state index is -0.875. The fourth-order valence-corrected chi connectivity index (χ4v) is 2.37. The Morgan fingerprint density at radius 2 is 2.04 bits per heavy atom. The van der Waals surface area contributed by atoms with Crippen molar-refractivity contribution in [1.29, 1.82) is 0 Å². The molecular weight excluding hydrogens is 353 g/mol. The first-order chi connectivity index (χ1) is 11.0. The predicted octanol–water partition coefficient (Wildman–Crippen LogP) is 3.64. The minimum absolute atomic E-state index is 0. The van der Waals surface area contributed by atoms with Crippen molar-refractivity contribution in [3.05, 3.63) is 46.6 Å². The molecule has 2 rings (SSSR count). The molecule has 1 heterocycles. The Hall–Kier alpha value is -1.63. The first-order valence-electron chi connectivity index (χ1n) is 7.55. The Balaban J connectivity index is 0.00000288. The maximum absolute atomic E-state index is 11.2. The molecule has 8 heteroatoms. The van der Waals surface area contributed by atoms with Gasteiger partial charge in [0.05, 0.1) is 6.04 Å². The van der Waals surface area contributed by atoms with Gasteiger partial charge in [0.2, 0.25) is 5.89 Å². The molecule has 24 heavy (non-hydrogen) atoms. The monoisotopic (exact) mass is 373 g/mol. The van der Waals surface area contributed by atoms with Crippen LogP contribution in [0.1, 0.15) is 50.0 Å². The van der Waals surface area contributed by atoms with E-state index in [0.29, 0.717) is 29.6 Å². The number of hydrogen-bond donors (Lipinski definition) is 2. The van der Waals surface area contributed by atoms with Crippen LogP contribution < -0.4 is 5.32 Å². The fraction of sp³-hybridized carbons (Fsp3) is 0.438. The third-order valence-electron chi connectivity index (χ3n) is 3.46. The number of carboxylic acids is 1. The number of hydrogen-bond acceptors (Lipinski definition) is 5. The average molecular weight is 374 g/mol. The topological polar surface area (TPSA) is 88.3 Å². The summed E-state index contributed by atoms with van der Waals surface area (Å²) in [5, 5.41) is 16.8. The molecule has 0 radical (unpaired) electrons. The molecule has 0 aliphatic rings. The van der Waals surface area contributed by atoms with Crippen molar-refractivity contribution in [2.75, 3.05) is 0 Å². The summed E-state index contributed by atoms with van der Waals surface area (Å²) in [6.07, 6.45) is 1.86. The highest BCUT2D eigenvalue weighted by Crippen LogP contribution is 2.15. The molecule has 0 fully saturated rings. The van der Waals surface area contributed by atoms with E-state index in [0.717, 1.165) is 12.0 Å². The van der Waals surface area contributed by atoms with Crippen LogP contribution in [0.15, 0.2) is 28.8 Å². The second-order valence-corrected chi connectivity index (χ2v) is 5.86. The Morgan fingerprint density at radius 3 is 2.62 bits per heavy atom. The largest absolute Gasteiger partial charge is 0.480 e. The smallest absolute Gasteiger partial charge is 0.320 e. The summed E-state index contributed by atoms with van der Waals surface area (Å²) < 4.78 is 5.24. The summed E-state index contributed by atoms with van der Waals surface area (Å²) in [4.78, 5) is 15.5. The highest BCUT2D eigenvalue weighted by Gasteiger charge is 2.22. The van der Waals surface area contributed by atoms with Crippen molar-refractivity contribution in [1.82, 2.24) is 15.5 Å². The van der Waals surface area contributed by atoms with Gasteiger partial charge in [0.15, 0.2) is 5.82 Å². The molecule has 132 valence electrons. The van der Waals surface area contributed by atoms with E-state index in [9.17, 15) is 9.90 Å². The van der Waals surface area contributed by atoms with Crippen molar-refractivity contribution in [2.24, 2.45) is 0 Å². The van der Waals surface area contributed by atoms with Crippen LogP contribution in [0, 0.1) is 0 Å². The third-order valence-corrected chi connectivity index (χ3v) is 3.71. The van der Waals surface area contributed by atoms with Crippen LogP contribution in [0.25, 0.3) is 0 Å². The number of nitrogens with zero attached hydrogens (tertiary/aromatic N) is 2. The van der Waals surface area contributed by atoms with Crippen LogP contribution in [-0.4, -0.2) is 27.3 Å². The Kier molecular flexibility index (Phi) is 8.18. The van der Waals surface area contributed by atoms with Crippen LogP contribution in [0.2, 0.25) is 5.02 Å². The van der Waals surface area contributed by atoms with E-state index in [1.807, 2.05) is 38.1 Å². The van der Waals surface area contributed by atoms with E-state index in [-0.39, 0.29) is 18.4 Å². The standard InChI is InChI=1S/C16H20ClN3O3.ClH/c1-3-4-13(16(21)22)18-10(2)15-19-14(20-23-15)9-11-5-7-12(17)8-6-11;/h5-8,10,13,18H,3-4,9H2,1-2H3,(H,21,22);1H.